The van der Waals surface area contributed by atoms with Crippen molar-refractivity contribution in [3.8, 4) is 11.3 Å². The van der Waals surface area contributed by atoms with Gasteiger partial charge >= 0.3 is 0 Å². The number of furan rings is 1. The summed E-state index contributed by atoms with van der Waals surface area (Å²) in [7, 11) is 0. The highest BCUT2D eigenvalue weighted by Gasteiger charge is 2.16. The molecule has 0 radical (unpaired) electrons. The summed E-state index contributed by atoms with van der Waals surface area (Å²) >= 11 is 0. The molecule has 1 heterocycles. The number of rotatable bonds is 7. The van der Waals surface area contributed by atoms with Crippen LogP contribution in [0.4, 0.5) is 34.1 Å². The Balaban J connectivity index is 1.23. The molecule has 0 saturated heterocycles. The monoisotopic (exact) mass is 528 g/mol. The van der Waals surface area contributed by atoms with Crippen LogP contribution < -0.4 is 9.80 Å². The van der Waals surface area contributed by atoms with Crippen molar-refractivity contribution in [2.45, 2.75) is 0 Å². The lowest BCUT2D eigenvalue weighted by atomic mass is 10.1. The van der Waals surface area contributed by atoms with Crippen LogP contribution in [0.25, 0.3) is 22.3 Å². The zero-order chi connectivity index (χ0) is 27.4. The van der Waals surface area contributed by atoms with E-state index in [0.29, 0.717) is 0 Å². The second-order valence-corrected chi connectivity index (χ2v) is 9.89. The molecule has 7 rings (SSSR count). The maximum Gasteiger partial charge on any atom is 0.135 e. The largest absolute Gasteiger partial charge is 0.456 e. The minimum Gasteiger partial charge on any atom is -0.456 e. The predicted octanol–water partition coefficient (Wildman–Crippen LogP) is 11.0. The fourth-order valence-electron chi connectivity index (χ4n) is 5.29. The van der Waals surface area contributed by atoms with E-state index in [1.54, 1.807) is 0 Å². The molecule has 6 aromatic carbocycles. The molecule has 0 aliphatic carbocycles. The van der Waals surface area contributed by atoms with Crippen LogP contribution in [-0.2, 0) is 0 Å². The zero-order valence-corrected chi connectivity index (χ0v) is 22.5. The molecule has 3 heteroatoms. The molecule has 0 spiro atoms. The molecule has 0 fully saturated rings. The van der Waals surface area contributed by atoms with Crippen molar-refractivity contribution in [2.24, 2.45) is 0 Å². The van der Waals surface area contributed by atoms with Crippen LogP contribution in [0.15, 0.2) is 174 Å². The quantitative estimate of drug-likeness (QED) is 0.205. The Morgan fingerprint density at radius 1 is 0.341 bits per heavy atom. The Hall–Kier alpha value is -5.54. The van der Waals surface area contributed by atoms with Gasteiger partial charge in [-0.1, -0.05) is 72.8 Å². The van der Waals surface area contributed by atoms with Crippen LogP contribution in [0.3, 0.4) is 0 Å². The maximum atomic E-state index is 6.34. The van der Waals surface area contributed by atoms with Gasteiger partial charge in [0, 0.05) is 45.1 Å². The summed E-state index contributed by atoms with van der Waals surface area (Å²) in [5, 5.41) is 1.06. The molecule has 0 bridgehead atoms. The van der Waals surface area contributed by atoms with Gasteiger partial charge in [0.2, 0.25) is 0 Å². The van der Waals surface area contributed by atoms with E-state index in [4.69, 9.17) is 4.42 Å². The first-order chi connectivity index (χ1) is 20.3. The number of benzene rings is 6. The molecule has 0 saturated carbocycles. The lowest BCUT2D eigenvalue weighted by molar-refractivity contribution is 0.631. The number of para-hydroxylation sites is 4. The van der Waals surface area contributed by atoms with Gasteiger partial charge in [-0.15, -0.1) is 0 Å². The first-order valence-electron chi connectivity index (χ1n) is 13.8. The maximum absolute atomic E-state index is 6.34. The second kappa shape index (κ2) is 10.9. The Morgan fingerprint density at radius 2 is 0.732 bits per heavy atom. The first kappa shape index (κ1) is 24.5. The summed E-state index contributed by atoms with van der Waals surface area (Å²) in [5.41, 5.74) is 8.52. The van der Waals surface area contributed by atoms with Crippen LogP contribution >= 0.6 is 0 Å². The van der Waals surface area contributed by atoms with E-state index in [1.165, 1.54) is 0 Å². The van der Waals surface area contributed by atoms with Crippen LogP contribution in [0.1, 0.15) is 0 Å². The molecule has 41 heavy (non-hydrogen) atoms. The molecule has 1 aromatic heterocycles. The summed E-state index contributed by atoms with van der Waals surface area (Å²) in [5.74, 6) is 0.848. The minimum absolute atomic E-state index is 0.848. The lowest BCUT2D eigenvalue weighted by Crippen LogP contribution is -2.09. The van der Waals surface area contributed by atoms with Crippen LogP contribution in [0.2, 0.25) is 0 Å². The first-order valence-corrected chi connectivity index (χ1v) is 13.8. The minimum atomic E-state index is 0.848. The molecule has 196 valence electrons. The average Bonchev–Trinajstić information content (AvgIpc) is 3.48. The average molecular weight is 529 g/mol. The Bertz CT molecular complexity index is 1790. The number of hydrogen-bond acceptors (Lipinski definition) is 3. The Morgan fingerprint density at radius 3 is 1.20 bits per heavy atom. The number of anilines is 6. The van der Waals surface area contributed by atoms with Gasteiger partial charge in [0.25, 0.3) is 0 Å². The van der Waals surface area contributed by atoms with E-state index in [-0.39, 0.29) is 0 Å². The number of fused-ring (bicyclic) bond motifs is 1. The third-order valence-electron chi connectivity index (χ3n) is 7.23. The van der Waals surface area contributed by atoms with E-state index in [0.717, 1.165) is 56.4 Å². The van der Waals surface area contributed by atoms with Crippen molar-refractivity contribution in [1.29, 1.82) is 0 Å². The van der Waals surface area contributed by atoms with Gasteiger partial charge in [0.05, 0.1) is 0 Å². The Labute approximate surface area is 240 Å². The van der Waals surface area contributed by atoms with Gasteiger partial charge in [0.15, 0.2) is 0 Å². The molecule has 0 unspecified atom stereocenters. The van der Waals surface area contributed by atoms with E-state index >= 15 is 0 Å². The summed E-state index contributed by atoms with van der Waals surface area (Å²) in [4.78, 5) is 4.53. The SMILES string of the molecule is c1ccc(N(c2ccccc2)c2ccc(-c3cc4cc(N(c5ccccc5)c5ccccc5)ccc4o3)cc2)cc1. The standard InChI is InChI=1S/C38H28N2O/c1-5-13-31(14-6-1)39(32-15-7-2-8-16-32)35-23-21-29(22-24-35)38-28-30-27-36(25-26-37(30)41-38)40(33-17-9-3-10-18-33)34-19-11-4-12-20-34/h1-28H. The third kappa shape index (κ3) is 4.97. The van der Waals surface area contributed by atoms with Crippen LogP contribution in [-0.4, -0.2) is 0 Å². The topological polar surface area (TPSA) is 19.6 Å². The molecular weight excluding hydrogens is 500 g/mol. The smallest absolute Gasteiger partial charge is 0.135 e. The van der Waals surface area contributed by atoms with Gasteiger partial charge in [0.1, 0.15) is 11.3 Å². The van der Waals surface area contributed by atoms with Crippen molar-refractivity contribution in [2.75, 3.05) is 9.80 Å². The van der Waals surface area contributed by atoms with Crippen molar-refractivity contribution in [3.63, 3.8) is 0 Å². The molecule has 0 aliphatic rings. The van der Waals surface area contributed by atoms with E-state index in [9.17, 15) is 0 Å². The van der Waals surface area contributed by atoms with E-state index in [1.807, 2.05) is 24.3 Å². The fourth-order valence-corrected chi connectivity index (χ4v) is 5.29. The van der Waals surface area contributed by atoms with Gasteiger partial charge in [-0.05, 0) is 97.1 Å². The summed E-state index contributed by atoms with van der Waals surface area (Å²) in [6.07, 6.45) is 0. The highest BCUT2D eigenvalue weighted by atomic mass is 16.3. The van der Waals surface area contributed by atoms with Crippen LogP contribution in [0, 0.1) is 0 Å². The summed E-state index contributed by atoms with van der Waals surface area (Å²) in [6.45, 7) is 0. The fraction of sp³-hybridized carbons (Fsp3) is 0. The summed E-state index contributed by atoms with van der Waals surface area (Å²) < 4.78 is 6.34. The van der Waals surface area contributed by atoms with Gasteiger partial charge in [-0.3, -0.25) is 0 Å². The number of nitrogens with zero attached hydrogens (tertiary/aromatic N) is 2. The third-order valence-corrected chi connectivity index (χ3v) is 7.23. The van der Waals surface area contributed by atoms with Crippen molar-refractivity contribution in [1.82, 2.24) is 0 Å². The zero-order valence-electron chi connectivity index (χ0n) is 22.5. The molecule has 7 aromatic rings. The molecule has 3 nitrogen and oxygen atoms in total. The molecule has 0 aliphatic heterocycles. The van der Waals surface area contributed by atoms with Crippen LogP contribution in [0.5, 0.6) is 0 Å². The summed E-state index contributed by atoms with van der Waals surface area (Å²) in [6, 6.07) is 58.9. The van der Waals surface area contributed by atoms with E-state index < -0.39 is 0 Å². The van der Waals surface area contributed by atoms with E-state index in [2.05, 4.69) is 155 Å². The van der Waals surface area contributed by atoms with Crippen molar-refractivity contribution in [3.05, 3.63) is 170 Å². The predicted molar refractivity (Wildman–Crippen MR) is 171 cm³/mol. The van der Waals surface area contributed by atoms with Gasteiger partial charge < -0.3 is 14.2 Å². The van der Waals surface area contributed by atoms with Crippen molar-refractivity contribution >= 4 is 45.1 Å². The van der Waals surface area contributed by atoms with Crippen molar-refractivity contribution < 1.29 is 4.42 Å². The molecule has 0 atom stereocenters. The Kier molecular flexibility index (Phi) is 6.52. The van der Waals surface area contributed by atoms with Gasteiger partial charge in [-0.2, -0.15) is 0 Å². The lowest BCUT2D eigenvalue weighted by Gasteiger charge is -2.25. The van der Waals surface area contributed by atoms with Gasteiger partial charge in [-0.25, -0.2) is 0 Å². The second-order valence-electron chi connectivity index (χ2n) is 9.89. The normalized spacial score (nSPS) is 10.9. The molecule has 0 amide bonds. The molecular formula is C38H28N2O. The number of hydrogen-bond donors (Lipinski definition) is 0. The highest BCUT2D eigenvalue weighted by Crippen LogP contribution is 2.39. The molecule has 0 N–H and O–H groups in total. The highest BCUT2D eigenvalue weighted by molar-refractivity contribution is 5.89.